The molecule has 0 radical (unpaired) electrons. The first-order valence-electron chi connectivity index (χ1n) is 8.45. The summed E-state index contributed by atoms with van der Waals surface area (Å²) in [6.07, 6.45) is 0. The van der Waals surface area contributed by atoms with Crippen LogP contribution >= 0.6 is 39.1 Å². The number of nitrogens with zero attached hydrogens (tertiary/aromatic N) is 2. The van der Waals surface area contributed by atoms with E-state index in [0.29, 0.717) is 47.5 Å². The van der Waals surface area contributed by atoms with Crippen LogP contribution in [-0.2, 0) is 4.79 Å². The number of piperazine rings is 1. The van der Waals surface area contributed by atoms with Gasteiger partial charge >= 0.3 is 0 Å². The van der Waals surface area contributed by atoms with Crippen molar-refractivity contribution in [2.45, 2.75) is 0 Å². The summed E-state index contributed by atoms with van der Waals surface area (Å²) in [4.78, 5) is 28.6. The maximum Gasteiger partial charge on any atom is 0.255 e. The average molecular weight is 471 g/mol. The number of rotatable bonds is 4. The molecule has 0 unspecified atom stereocenters. The van der Waals surface area contributed by atoms with E-state index < -0.39 is 0 Å². The lowest BCUT2D eigenvalue weighted by Gasteiger charge is -2.34. The second-order valence-corrected chi connectivity index (χ2v) is 7.95. The third-order valence-electron chi connectivity index (χ3n) is 4.34. The number of anilines is 1. The van der Waals surface area contributed by atoms with E-state index in [9.17, 15) is 9.59 Å². The molecule has 0 bridgehead atoms. The SMILES string of the molecule is O=C(CN1CCN(C(=O)c2ccccc2Cl)CC1)Nc1ccc(Br)cc1Cl. The highest BCUT2D eigenvalue weighted by atomic mass is 79.9. The molecule has 142 valence electrons. The fraction of sp³-hybridized carbons (Fsp3) is 0.263. The van der Waals surface area contributed by atoms with Crippen LogP contribution in [0.4, 0.5) is 5.69 Å². The number of halogens is 3. The van der Waals surface area contributed by atoms with Gasteiger partial charge in [0.1, 0.15) is 0 Å². The Labute approximate surface area is 176 Å². The number of amides is 2. The Bertz CT molecular complexity index is 855. The van der Waals surface area contributed by atoms with Gasteiger partial charge in [-0.3, -0.25) is 14.5 Å². The van der Waals surface area contributed by atoms with Crippen molar-refractivity contribution in [3.8, 4) is 0 Å². The van der Waals surface area contributed by atoms with E-state index in [0.717, 1.165) is 4.47 Å². The number of carbonyl (C=O) groups excluding carboxylic acids is 2. The minimum Gasteiger partial charge on any atom is -0.336 e. The van der Waals surface area contributed by atoms with Gasteiger partial charge in [-0.25, -0.2) is 0 Å². The van der Waals surface area contributed by atoms with Crippen molar-refractivity contribution in [3.05, 3.63) is 62.5 Å². The van der Waals surface area contributed by atoms with Gasteiger partial charge in [0, 0.05) is 30.7 Å². The Morgan fingerprint density at radius 2 is 1.70 bits per heavy atom. The van der Waals surface area contributed by atoms with E-state index in [-0.39, 0.29) is 18.4 Å². The predicted molar refractivity (Wildman–Crippen MR) is 112 cm³/mol. The quantitative estimate of drug-likeness (QED) is 0.730. The lowest BCUT2D eigenvalue weighted by atomic mass is 10.2. The Morgan fingerprint density at radius 1 is 1.00 bits per heavy atom. The molecule has 1 N–H and O–H groups in total. The van der Waals surface area contributed by atoms with Gasteiger partial charge < -0.3 is 10.2 Å². The summed E-state index contributed by atoms with van der Waals surface area (Å²) < 4.78 is 0.852. The zero-order valence-electron chi connectivity index (χ0n) is 14.4. The average Bonchev–Trinajstić information content (AvgIpc) is 2.64. The molecule has 0 saturated carbocycles. The third kappa shape index (κ3) is 5.23. The van der Waals surface area contributed by atoms with Gasteiger partial charge in [0.05, 0.1) is 27.8 Å². The summed E-state index contributed by atoms with van der Waals surface area (Å²) in [6.45, 7) is 2.60. The summed E-state index contributed by atoms with van der Waals surface area (Å²) in [7, 11) is 0. The number of hydrogen-bond donors (Lipinski definition) is 1. The fourth-order valence-electron chi connectivity index (χ4n) is 2.90. The fourth-order valence-corrected chi connectivity index (χ4v) is 3.83. The van der Waals surface area contributed by atoms with Crippen molar-refractivity contribution < 1.29 is 9.59 Å². The molecular formula is C19H18BrCl2N3O2. The highest BCUT2D eigenvalue weighted by Crippen LogP contribution is 2.25. The summed E-state index contributed by atoms with van der Waals surface area (Å²) in [5, 5.41) is 3.75. The molecule has 0 atom stereocenters. The predicted octanol–water partition coefficient (Wildman–Crippen LogP) is 4.15. The van der Waals surface area contributed by atoms with Crippen LogP contribution in [-0.4, -0.2) is 54.3 Å². The summed E-state index contributed by atoms with van der Waals surface area (Å²) in [6, 6.07) is 12.3. The lowest BCUT2D eigenvalue weighted by molar-refractivity contribution is -0.117. The molecule has 1 aliphatic rings. The van der Waals surface area contributed by atoms with Gasteiger partial charge in [0.25, 0.3) is 5.91 Å². The van der Waals surface area contributed by atoms with Gasteiger partial charge in [-0.05, 0) is 30.3 Å². The molecule has 0 aliphatic carbocycles. The van der Waals surface area contributed by atoms with Crippen molar-refractivity contribution >= 4 is 56.6 Å². The van der Waals surface area contributed by atoms with Crippen LogP contribution in [0.15, 0.2) is 46.9 Å². The second-order valence-electron chi connectivity index (χ2n) is 6.22. The first-order chi connectivity index (χ1) is 12.9. The molecule has 0 spiro atoms. The molecule has 2 amide bonds. The molecule has 0 aromatic heterocycles. The standard InChI is InChI=1S/C19H18BrCl2N3O2/c20-13-5-6-17(16(22)11-13)23-18(26)12-24-7-9-25(10-8-24)19(27)14-3-1-2-4-15(14)21/h1-6,11H,7-10,12H2,(H,23,26). The van der Waals surface area contributed by atoms with Crippen molar-refractivity contribution in [2.24, 2.45) is 0 Å². The van der Waals surface area contributed by atoms with Crippen LogP contribution in [0.1, 0.15) is 10.4 Å². The molecule has 2 aromatic carbocycles. The monoisotopic (exact) mass is 469 g/mol. The van der Waals surface area contributed by atoms with Crippen LogP contribution in [0, 0.1) is 0 Å². The van der Waals surface area contributed by atoms with Gasteiger partial charge in [0.2, 0.25) is 5.91 Å². The van der Waals surface area contributed by atoms with Crippen LogP contribution in [0.3, 0.4) is 0 Å². The number of nitrogens with one attached hydrogen (secondary N) is 1. The molecule has 2 aromatic rings. The molecule has 5 nitrogen and oxygen atoms in total. The summed E-state index contributed by atoms with van der Waals surface area (Å²) >= 11 is 15.6. The number of benzene rings is 2. The third-order valence-corrected chi connectivity index (χ3v) is 5.47. The molecule has 8 heteroatoms. The minimum absolute atomic E-state index is 0.0775. The number of carbonyl (C=O) groups is 2. The maximum absolute atomic E-state index is 12.6. The minimum atomic E-state index is -0.134. The highest BCUT2D eigenvalue weighted by molar-refractivity contribution is 9.10. The molecule has 1 aliphatic heterocycles. The van der Waals surface area contributed by atoms with Gasteiger partial charge in [0.15, 0.2) is 0 Å². The molecular weight excluding hydrogens is 453 g/mol. The van der Waals surface area contributed by atoms with E-state index in [1.165, 1.54) is 0 Å². The Hall–Kier alpha value is -1.60. The van der Waals surface area contributed by atoms with E-state index >= 15 is 0 Å². The van der Waals surface area contributed by atoms with E-state index in [4.69, 9.17) is 23.2 Å². The Morgan fingerprint density at radius 3 is 2.37 bits per heavy atom. The Kier molecular flexibility index (Phi) is 6.76. The van der Waals surface area contributed by atoms with Gasteiger partial charge in [-0.2, -0.15) is 0 Å². The maximum atomic E-state index is 12.6. The molecule has 27 heavy (non-hydrogen) atoms. The van der Waals surface area contributed by atoms with E-state index in [1.807, 2.05) is 11.0 Å². The van der Waals surface area contributed by atoms with Crippen LogP contribution < -0.4 is 5.32 Å². The summed E-state index contributed by atoms with van der Waals surface area (Å²) in [5.41, 5.74) is 1.09. The van der Waals surface area contributed by atoms with Gasteiger partial charge in [-0.1, -0.05) is 51.3 Å². The largest absolute Gasteiger partial charge is 0.336 e. The normalized spacial score (nSPS) is 14.9. The molecule has 1 saturated heterocycles. The number of hydrogen-bond acceptors (Lipinski definition) is 3. The van der Waals surface area contributed by atoms with Crippen LogP contribution in [0.5, 0.6) is 0 Å². The topological polar surface area (TPSA) is 52.7 Å². The zero-order valence-corrected chi connectivity index (χ0v) is 17.5. The van der Waals surface area contributed by atoms with Crippen molar-refractivity contribution in [2.75, 3.05) is 38.0 Å². The first kappa shape index (κ1) is 20.1. The smallest absolute Gasteiger partial charge is 0.255 e. The van der Waals surface area contributed by atoms with Crippen molar-refractivity contribution in [1.29, 1.82) is 0 Å². The zero-order chi connectivity index (χ0) is 19.4. The van der Waals surface area contributed by atoms with Crippen molar-refractivity contribution in [1.82, 2.24) is 9.80 Å². The highest BCUT2D eigenvalue weighted by Gasteiger charge is 2.24. The Balaban J connectivity index is 1.51. The van der Waals surface area contributed by atoms with Crippen molar-refractivity contribution in [3.63, 3.8) is 0 Å². The first-order valence-corrected chi connectivity index (χ1v) is 10.00. The molecule has 1 fully saturated rings. The van der Waals surface area contributed by atoms with E-state index in [2.05, 4.69) is 21.2 Å². The molecule has 3 rings (SSSR count). The molecule has 1 heterocycles. The summed E-state index contributed by atoms with van der Waals surface area (Å²) in [5.74, 6) is -0.212. The van der Waals surface area contributed by atoms with E-state index in [1.54, 1.807) is 41.3 Å². The van der Waals surface area contributed by atoms with Gasteiger partial charge in [-0.15, -0.1) is 0 Å². The second kappa shape index (κ2) is 9.06. The lowest BCUT2D eigenvalue weighted by Crippen LogP contribution is -2.50. The van der Waals surface area contributed by atoms with Crippen LogP contribution in [0.25, 0.3) is 0 Å². The van der Waals surface area contributed by atoms with Crippen LogP contribution in [0.2, 0.25) is 10.0 Å².